The maximum atomic E-state index is 12.8. The lowest BCUT2D eigenvalue weighted by Crippen LogP contribution is -2.58. The number of hydrogen-bond donors (Lipinski definition) is 8. The molecule has 1 aromatic carbocycles. The summed E-state index contributed by atoms with van der Waals surface area (Å²) < 4.78 is 0. The average Bonchev–Trinajstić information content (AvgIpc) is 2.82. The number of carboxylic acids is 1. The monoisotopic (exact) mass is 508 g/mol. The molecule has 0 spiro atoms. The highest BCUT2D eigenvalue weighted by atomic mass is 16.4. The minimum absolute atomic E-state index is 0.167. The van der Waals surface area contributed by atoms with Crippen LogP contribution in [0.2, 0.25) is 0 Å². The number of amides is 5. The lowest BCUT2D eigenvalue weighted by atomic mass is 10.0. The van der Waals surface area contributed by atoms with Crippen LogP contribution in [-0.4, -0.2) is 76.5 Å². The number of aliphatic hydroxyl groups excluding tert-OH is 1. The molecule has 0 aromatic heterocycles. The van der Waals surface area contributed by atoms with Gasteiger partial charge in [-0.2, -0.15) is 0 Å². The molecular weight excluding hydrogens is 476 g/mol. The molecule has 14 nitrogen and oxygen atoms in total. The Hall–Kier alpha value is -4.04. The molecule has 0 bridgehead atoms. The summed E-state index contributed by atoms with van der Waals surface area (Å²) in [4.78, 5) is 71.3. The summed E-state index contributed by atoms with van der Waals surface area (Å²) in [5.74, 6) is -5.66. The quantitative estimate of drug-likeness (QED) is 0.111. The Bertz CT molecular complexity index is 942. The minimum atomic E-state index is -1.60. The third-order valence-electron chi connectivity index (χ3n) is 5.06. The van der Waals surface area contributed by atoms with E-state index in [1.54, 1.807) is 30.3 Å². The summed E-state index contributed by atoms with van der Waals surface area (Å²) in [6, 6.07) is 3.40. The van der Waals surface area contributed by atoms with Gasteiger partial charge in [-0.05, 0) is 24.8 Å². The fourth-order valence-corrected chi connectivity index (χ4v) is 3.08. The van der Waals surface area contributed by atoms with Crippen LogP contribution in [0, 0.1) is 0 Å². The number of aliphatic hydroxyl groups is 1. The zero-order valence-corrected chi connectivity index (χ0v) is 19.5. The van der Waals surface area contributed by atoms with Gasteiger partial charge in [0.2, 0.25) is 29.5 Å². The SMILES string of the molecule is NC(=O)CCC(NC(=O)C(CO)NC(=O)C(CCC(N)=O)NC(=O)C(N)Cc1ccccc1)C(=O)O. The number of nitrogens with two attached hydrogens (primary N) is 3. The van der Waals surface area contributed by atoms with Crippen molar-refractivity contribution < 1.29 is 39.0 Å². The van der Waals surface area contributed by atoms with Crippen molar-refractivity contribution >= 4 is 35.5 Å². The Morgan fingerprint density at radius 2 is 1.22 bits per heavy atom. The van der Waals surface area contributed by atoms with Gasteiger partial charge >= 0.3 is 5.97 Å². The topological polar surface area (TPSA) is 257 Å². The number of nitrogens with one attached hydrogen (secondary N) is 3. The summed E-state index contributed by atoms with van der Waals surface area (Å²) >= 11 is 0. The van der Waals surface area contributed by atoms with Crippen molar-refractivity contribution in [3.8, 4) is 0 Å². The molecule has 0 fully saturated rings. The van der Waals surface area contributed by atoms with Gasteiger partial charge in [0, 0.05) is 12.8 Å². The van der Waals surface area contributed by atoms with Gasteiger partial charge in [-0.15, -0.1) is 0 Å². The number of benzene rings is 1. The van der Waals surface area contributed by atoms with Crippen LogP contribution in [0.5, 0.6) is 0 Å². The first kappa shape index (κ1) is 30.0. The Morgan fingerprint density at radius 1 is 0.750 bits per heavy atom. The molecule has 1 rings (SSSR count). The van der Waals surface area contributed by atoms with E-state index in [4.69, 9.17) is 17.2 Å². The maximum Gasteiger partial charge on any atom is 0.326 e. The third-order valence-corrected chi connectivity index (χ3v) is 5.06. The Kier molecular flexibility index (Phi) is 12.5. The van der Waals surface area contributed by atoms with Crippen LogP contribution in [0.1, 0.15) is 31.2 Å². The lowest BCUT2D eigenvalue weighted by molar-refractivity contribution is -0.143. The van der Waals surface area contributed by atoms with Gasteiger partial charge in [0.15, 0.2) is 0 Å². The number of aliphatic carboxylic acids is 1. The van der Waals surface area contributed by atoms with Crippen LogP contribution in [0.4, 0.5) is 0 Å². The molecule has 198 valence electrons. The molecule has 0 saturated carbocycles. The first-order valence-corrected chi connectivity index (χ1v) is 11.1. The molecule has 11 N–H and O–H groups in total. The number of primary amides is 2. The average molecular weight is 509 g/mol. The maximum absolute atomic E-state index is 12.8. The van der Waals surface area contributed by atoms with E-state index in [0.717, 1.165) is 5.56 Å². The number of carbonyl (C=O) groups excluding carboxylic acids is 5. The fraction of sp³-hybridized carbons (Fsp3) is 0.455. The first-order chi connectivity index (χ1) is 16.9. The molecule has 1 aromatic rings. The van der Waals surface area contributed by atoms with Crippen molar-refractivity contribution in [3.05, 3.63) is 35.9 Å². The van der Waals surface area contributed by atoms with Gasteiger partial charge in [-0.25, -0.2) is 4.79 Å². The van der Waals surface area contributed by atoms with Crippen LogP contribution in [0.15, 0.2) is 30.3 Å². The van der Waals surface area contributed by atoms with E-state index >= 15 is 0 Å². The largest absolute Gasteiger partial charge is 0.480 e. The predicted molar refractivity (Wildman–Crippen MR) is 125 cm³/mol. The second kappa shape index (κ2) is 15.1. The standard InChI is InChI=1S/C22H32N6O8/c23-13(10-12-4-2-1-3-5-12)19(32)26-14(6-8-17(24)30)20(33)28-16(11-29)21(34)27-15(22(35)36)7-9-18(25)31/h1-5,13-16,29H,6-11,23H2,(H2,24,30)(H2,25,31)(H,26,32)(H,27,34)(H,28,33)(H,35,36). The Labute approximate surface area is 206 Å². The zero-order valence-electron chi connectivity index (χ0n) is 19.5. The second-order valence-corrected chi connectivity index (χ2v) is 8.01. The van der Waals surface area contributed by atoms with Crippen LogP contribution in [0.3, 0.4) is 0 Å². The summed E-state index contributed by atoms with van der Waals surface area (Å²) in [7, 11) is 0. The van der Waals surface area contributed by atoms with Crippen LogP contribution < -0.4 is 33.2 Å². The number of hydrogen-bond acceptors (Lipinski definition) is 8. The van der Waals surface area contributed by atoms with E-state index < -0.39 is 66.3 Å². The van der Waals surface area contributed by atoms with E-state index in [1.165, 1.54) is 0 Å². The van der Waals surface area contributed by atoms with Crippen LogP contribution in [-0.2, 0) is 35.2 Å². The summed E-state index contributed by atoms with van der Waals surface area (Å²) in [6.07, 6.45) is -0.963. The Balaban J connectivity index is 2.87. The molecule has 4 atom stereocenters. The van der Waals surface area contributed by atoms with E-state index in [2.05, 4.69) is 16.0 Å². The van der Waals surface area contributed by atoms with E-state index in [9.17, 15) is 39.0 Å². The summed E-state index contributed by atoms with van der Waals surface area (Å²) in [5.41, 5.74) is 16.8. The Morgan fingerprint density at radius 3 is 1.72 bits per heavy atom. The van der Waals surface area contributed by atoms with Crippen molar-refractivity contribution in [3.63, 3.8) is 0 Å². The molecule has 0 heterocycles. The van der Waals surface area contributed by atoms with E-state index in [0.29, 0.717) is 0 Å². The third kappa shape index (κ3) is 10.9. The molecule has 0 aliphatic heterocycles. The summed E-state index contributed by atoms with van der Waals surface area (Å²) in [6.45, 7) is -0.913. The van der Waals surface area contributed by atoms with Crippen molar-refractivity contribution in [1.29, 1.82) is 0 Å². The highest BCUT2D eigenvalue weighted by Gasteiger charge is 2.30. The number of carboxylic acid groups (broad SMARTS) is 1. The van der Waals surface area contributed by atoms with Crippen molar-refractivity contribution in [2.45, 2.75) is 56.3 Å². The van der Waals surface area contributed by atoms with Crippen molar-refractivity contribution in [2.24, 2.45) is 17.2 Å². The molecule has 4 unspecified atom stereocenters. The second-order valence-electron chi connectivity index (χ2n) is 8.01. The smallest absolute Gasteiger partial charge is 0.326 e. The zero-order chi connectivity index (χ0) is 27.3. The molecule has 0 saturated heterocycles. The van der Waals surface area contributed by atoms with Crippen molar-refractivity contribution in [2.75, 3.05) is 6.61 Å². The van der Waals surface area contributed by atoms with Gasteiger partial charge in [0.25, 0.3) is 0 Å². The van der Waals surface area contributed by atoms with Crippen molar-refractivity contribution in [1.82, 2.24) is 16.0 Å². The fourth-order valence-electron chi connectivity index (χ4n) is 3.08. The van der Waals surface area contributed by atoms with Gasteiger partial charge in [-0.3, -0.25) is 24.0 Å². The number of rotatable bonds is 16. The van der Waals surface area contributed by atoms with E-state index in [1.807, 2.05) is 0 Å². The molecule has 36 heavy (non-hydrogen) atoms. The summed E-state index contributed by atoms with van der Waals surface area (Å²) in [5, 5.41) is 25.5. The van der Waals surface area contributed by atoms with Crippen LogP contribution >= 0.6 is 0 Å². The lowest BCUT2D eigenvalue weighted by Gasteiger charge is -2.24. The normalized spacial score (nSPS) is 13.9. The molecule has 0 radical (unpaired) electrons. The molecule has 14 heteroatoms. The first-order valence-electron chi connectivity index (χ1n) is 11.1. The van der Waals surface area contributed by atoms with Gasteiger partial charge in [-0.1, -0.05) is 30.3 Å². The molecule has 5 amide bonds. The molecule has 0 aliphatic carbocycles. The van der Waals surface area contributed by atoms with E-state index in [-0.39, 0.29) is 32.1 Å². The predicted octanol–water partition coefficient (Wildman–Crippen LogP) is -3.38. The van der Waals surface area contributed by atoms with Gasteiger partial charge in [0.05, 0.1) is 12.6 Å². The van der Waals surface area contributed by atoms with Crippen LogP contribution in [0.25, 0.3) is 0 Å². The minimum Gasteiger partial charge on any atom is -0.480 e. The molecule has 0 aliphatic rings. The van der Waals surface area contributed by atoms with Gasteiger partial charge in [0.1, 0.15) is 18.1 Å². The molecular formula is C22H32N6O8. The highest BCUT2D eigenvalue weighted by Crippen LogP contribution is 2.05. The van der Waals surface area contributed by atoms with Gasteiger partial charge < -0.3 is 43.4 Å². The number of carbonyl (C=O) groups is 6. The highest BCUT2D eigenvalue weighted by molar-refractivity contribution is 5.94.